The van der Waals surface area contributed by atoms with Crippen LogP contribution in [0.3, 0.4) is 0 Å². The molecule has 0 bridgehead atoms. The third kappa shape index (κ3) is 4.83. The summed E-state index contributed by atoms with van der Waals surface area (Å²) in [5.74, 6) is 0. The number of ether oxygens (including phenoxy) is 1. The van der Waals surface area contributed by atoms with Crippen LogP contribution in [0.1, 0.15) is 11.1 Å². The Kier molecular flexibility index (Phi) is 6.38. The second-order valence-corrected chi connectivity index (χ2v) is 4.74. The molecule has 118 valence electrons. The van der Waals surface area contributed by atoms with E-state index in [-0.39, 0.29) is 23.7 Å². The van der Waals surface area contributed by atoms with Crippen LogP contribution in [0.25, 0.3) is 0 Å². The molecule has 1 aromatic rings. The minimum atomic E-state index is -4.55. The van der Waals surface area contributed by atoms with Crippen molar-refractivity contribution in [2.75, 3.05) is 38.3 Å². The van der Waals surface area contributed by atoms with Gasteiger partial charge >= 0.3 is 6.18 Å². The number of thiocarbonyl (C=S) groups is 1. The highest BCUT2D eigenvalue weighted by molar-refractivity contribution is 7.80. The SMILES string of the molecule is COCCN(CCO)c1ccc(C(N)=S)c(C(F)(F)F)c1. The predicted molar refractivity (Wildman–Crippen MR) is 78.5 cm³/mol. The molecule has 3 N–H and O–H groups in total. The Balaban J connectivity index is 3.21. The van der Waals surface area contributed by atoms with E-state index in [2.05, 4.69) is 12.2 Å². The van der Waals surface area contributed by atoms with Crippen LogP contribution < -0.4 is 10.6 Å². The Hall–Kier alpha value is -1.38. The van der Waals surface area contributed by atoms with Gasteiger partial charge in [0.2, 0.25) is 0 Å². The molecular weight excluding hydrogens is 305 g/mol. The van der Waals surface area contributed by atoms with Crippen molar-refractivity contribution in [3.05, 3.63) is 29.3 Å². The first-order chi connectivity index (χ1) is 9.81. The van der Waals surface area contributed by atoms with Gasteiger partial charge in [-0.2, -0.15) is 13.2 Å². The molecule has 0 aliphatic rings. The van der Waals surface area contributed by atoms with Crippen molar-refractivity contribution >= 4 is 22.9 Å². The van der Waals surface area contributed by atoms with Gasteiger partial charge in [-0.1, -0.05) is 12.2 Å². The van der Waals surface area contributed by atoms with E-state index in [1.165, 1.54) is 19.2 Å². The Morgan fingerprint density at radius 2 is 2.05 bits per heavy atom. The van der Waals surface area contributed by atoms with Crippen LogP contribution in [0, 0.1) is 0 Å². The molecule has 0 unspecified atom stereocenters. The Morgan fingerprint density at radius 1 is 1.38 bits per heavy atom. The molecule has 4 nitrogen and oxygen atoms in total. The second-order valence-electron chi connectivity index (χ2n) is 4.30. The third-order valence-corrected chi connectivity index (χ3v) is 3.09. The smallest absolute Gasteiger partial charge is 0.395 e. The van der Waals surface area contributed by atoms with Gasteiger partial charge in [-0.05, 0) is 18.2 Å². The number of methoxy groups -OCH3 is 1. The minimum absolute atomic E-state index is 0.178. The Labute approximate surface area is 126 Å². The van der Waals surface area contributed by atoms with Gasteiger partial charge < -0.3 is 20.5 Å². The van der Waals surface area contributed by atoms with E-state index in [0.29, 0.717) is 18.8 Å². The molecule has 1 aromatic carbocycles. The van der Waals surface area contributed by atoms with Crippen molar-refractivity contribution in [1.29, 1.82) is 0 Å². The molecule has 21 heavy (non-hydrogen) atoms. The average Bonchev–Trinajstić information content (AvgIpc) is 2.41. The summed E-state index contributed by atoms with van der Waals surface area (Å²) in [6.45, 7) is 0.717. The fourth-order valence-corrected chi connectivity index (χ4v) is 2.05. The van der Waals surface area contributed by atoms with Crippen LogP contribution in [0.2, 0.25) is 0 Å². The molecule has 0 aliphatic carbocycles. The molecule has 0 radical (unpaired) electrons. The predicted octanol–water partition coefficient (Wildman–Crippen LogP) is 1.78. The van der Waals surface area contributed by atoms with Crippen LogP contribution in [-0.4, -0.2) is 43.5 Å². The summed E-state index contributed by atoms with van der Waals surface area (Å²) in [5, 5.41) is 9.02. The lowest BCUT2D eigenvalue weighted by atomic mass is 10.1. The molecule has 0 saturated carbocycles. The molecular formula is C13H17F3N2O2S. The summed E-state index contributed by atoms with van der Waals surface area (Å²) in [6, 6.07) is 3.73. The van der Waals surface area contributed by atoms with Crippen molar-refractivity contribution in [1.82, 2.24) is 0 Å². The number of halogens is 3. The number of aliphatic hydroxyl groups excluding tert-OH is 1. The van der Waals surface area contributed by atoms with Crippen molar-refractivity contribution in [3.63, 3.8) is 0 Å². The van der Waals surface area contributed by atoms with Crippen molar-refractivity contribution in [2.45, 2.75) is 6.18 Å². The van der Waals surface area contributed by atoms with Crippen LogP contribution in [0.5, 0.6) is 0 Å². The van der Waals surface area contributed by atoms with Crippen molar-refractivity contribution < 1.29 is 23.0 Å². The first-order valence-electron chi connectivity index (χ1n) is 6.17. The monoisotopic (exact) mass is 322 g/mol. The van der Waals surface area contributed by atoms with Gasteiger partial charge in [-0.25, -0.2) is 0 Å². The molecule has 1 rings (SSSR count). The number of hydrogen-bond donors (Lipinski definition) is 2. The highest BCUT2D eigenvalue weighted by Crippen LogP contribution is 2.34. The molecule has 0 spiro atoms. The highest BCUT2D eigenvalue weighted by Gasteiger charge is 2.34. The summed E-state index contributed by atoms with van der Waals surface area (Å²) in [5.41, 5.74) is 4.57. The largest absolute Gasteiger partial charge is 0.417 e. The zero-order valence-electron chi connectivity index (χ0n) is 11.5. The standard InChI is InChI=1S/C13H17F3N2O2S/c1-20-7-5-18(4-6-19)9-2-3-10(12(17)21)11(8-9)13(14,15)16/h2-3,8,19H,4-7H2,1H3,(H2,17,21). The number of nitrogens with zero attached hydrogens (tertiary/aromatic N) is 1. The highest BCUT2D eigenvalue weighted by atomic mass is 32.1. The van der Waals surface area contributed by atoms with Crippen molar-refractivity contribution in [3.8, 4) is 0 Å². The lowest BCUT2D eigenvalue weighted by Gasteiger charge is -2.25. The molecule has 8 heteroatoms. The van der Waals surface area contributed by atoms with Gasteiger partial charge in [0, 0.05) is 31.5 Å². The molecule has 0 heterocycles. The minimum Gasteiger partial charge on any atom is -0.395 e. The van der Waals surface area contributed by atoms with Gasteiger partial charge in [-0.15, -0.1) is 0 Å². The van der Waals surface area contributed by atoms with Gasteiger partial charge in [0.05, 0.1) is 18.8 Å². The summed E-state index contributed by atoms with van der Waals surface area (Å²) in [7, 11) is 1.49. The summed E-state index contributed by atoms with van der Waals surface area (Å²) < 4.78 is 44.2. The van der Waals surface area contributed by atoms with Crippen LogP contribution in [-0.2, 0) is 10.9 Å². The van der Waals surface area contributed by atoms with Crippen molar-refractivity contribution in [2.24, 2.45) is 5.73 Å². The molecule has 0 aromatic heterocycles. The Morgan fingerprint density at radius 3 is 2.52 bits per heavy atom. The Bertz CT molecular complexity index is 495. The number of aliphatic hydroxyl groups is 1. The lowest BCUT2D eigenvalue weighted by molar-refractivity contribution is -0.137. The van der Waals surface area contributed by atoms with Crippen LogP contribution >= 0.6 is 12.2 Å². The van der Waals surface area contributed by atoms with Gasteiger partial charge in [-0.3, -0.25) is 0 Å². The molecule has 0 saturated heterocycles. The first-order valence-corrected chi connectivity index (χ1v) is 6.58. The zero-order chi connectivity index (χ0) is 16.0. The lowest BCUT2D eigenvalue weighted by Crippen LogP contribution is -2.30. The van der Waals surface area contributed by atoms with E-state index in [1.54, 1.807) is 4.90 Å². The molecule has 0 atom stereocenters. The maximum Gasteiger partial charge on any atom is 0.417 e. The van der Waals surface area contributed by atoms with Crippen LogP contribution in [0.4, 0.5) is 18.9 Å². The number of alkyl halides is 3. The van der Waals surface area contributed by atoms with Crippen LogP contribution in [0.15, 0.2) is 18.2 Å². The third-order valence-electron chi connectivity index (χ3n) is 2.87. The number of nitrogens with two attached hydrogens (primary N) is 1. The van der Waals surface area contributed by atoms with E-state index in [4.69, 9.17) is 15.6 Å². The second kappa shape index (κ2) is 7.58. The first kappa shape index (κ1) is 17.7. The molecule has 0 aliphatic heterocycles. The maximum atomic E-state index is 13.1. The number of hydrogen-bond acceptors (Lipinski definition) is 4. The van der Waals surface area contributed by atoms with Gasteiger partial charge in [0.15, 0.2) is 0 Å². The quantitative estimate of drug-likeness (QED) is 0.750. The van der Waals surface area contributed by atoms with E-state index < -0.39 is 11.7 Å². The summed E-state index contributed by atoms with van der Waals surface area (Å²) in [6.07, 6.45) is -4.55. The number of benzene rings is 1. The topological polar surface area (TPSA) is 58.7 Å². The summed E-state index contributed by atoms with van der Waals surface area (Å²) >= 11 is 4.65. The molecule has 0 amide bonds. The van der Waals surface area contributed by atoms with E-state index >= 15 is 0 Å². The number of rotatable bonds is 7. The normalized spacial score (nSPS) is 11.5. The fraction of sp³-hybridized carbons (Fsp3) is 0.462. The molecule has 0 fully saturated rings. The zero-order valence-corrected chi connectivity index (χ0v) is 12.3. The number of anilines is 1. The average molecular weight is 322 g/mol. The van der Waals surface area contributed by atoms with E-state index in [0.717, 1.165) is 6.07 Å². The fourth-order valence-electron chi connectivity index (χ4n) is 1.87. The van der Waals surface area contributed by atoms with Gasteiger partial charge in [0.1, 0.15) is 4.99 Å². The van der Waals surface area contributed by atoms with Gasteiger partial charge in [0.25, 0.3) is 0 Å². The summed E-state index contributed by atoms with van der Waals surface area (Å²) in [4.78, 5) is 1.29. The van der Waals surface area contributed by atoms with E-state index in [1.807, 2.05) is 0 Å². The van der Waals surface area contributed by atoms with E-state index in [9.17, 15) is 13.2 Å². The maximum absolute atomic E-state index is 13.1.